The molecule has 4 rings (SSSR count). The van der Waals surface area contributed by atoms with E-state index in [9.17, 15) is 4.79 Å². The third-order valence-electron chi connectivity index (χ3n) is 4.96. The molecule has 1 amide bonds. The number of nitrogens with one attached hydrogen (secondary N) is 1. The minimum absolute atomic E-state index is 0.0577. The Morgan fingerprint density at radius 3 is 2.85 bits per heavy atom. The van der Waals surface area contributed by atoms with E-state index in [4.69, 9.17) is 0 Å². The molecule has 0 bridgehead atoms. The van der Waals surface area contributed by atoms with Crippen molar-refractivity contribution >= 4 is 16.8 Å². The molecule has 1 aliphatic rings. The van der Waals surface area contributed by atoms with Crippen molar-refractivity contribution in [3.63, 3.8) is 0 Å². The predicted octanol–water partition coefficient (Wildman–Crippen LogP) is 3.60. The highest BCUT2D eigenvalue weighted by molar-refractivity contribution is 5.98. The summed E-state index contributed by atoms with van der Waals surface area (Å²) >= 11 is 0. The highest BCUT2D eigenvalue weighted by Gasteiger charge is 2.32. The minimum Gasteiger partial charge on any atom is -0.351 e. The molecule has 1 fully saturated rings. The van der Waals surface area contributed by atoms with Crippen LogP contribution in [-0.2, 0) is 6.54 Å². The number of carbonyl (C=O) groups excluding carboxylic acids is 1. The maximum Gasteiger partial charge on any atom is 0.270 e. The zero-order valence-corrected chi connectivity index (χ0v) is 15.3. The van der Waals surface area contributed by atoms with Crippen molar-refractivity contribution in [3.05, 3.63) is 65.6 Å². The van der Waals surface area contributed by atoms with Crippen molar-refractivity contribution in [2.24, 2.45) is 0 Å². The summed E-state index contributed by atoms with van der Waals surface area (Å²) in [5.41, 5.74) is 3.82. The first-order chi connectivity index (χ1) is 12.6. The molecule has 1 aliphatic heterocycles. The molecular formula is C21H24N4O. The van der Waals surface area contributed by atoms with E-state index >= 15 is 0 Å². The van der Waals surface area contributed by atoms with Gasteiger partial charge in [-0.2, -0.15) is 0 Å². The Labute approximate surface area is 153 Å². The molecule has 5 heteroatoms. The summed E-state index contributed by atoms with van der Waals surface area (Å²) in [6, 6.07) is 14.2. The summed E-state index contributed by atoms with van der Waals surface area (Å²) in [4.78, 5) is 25.1. The number of aromatic nitrogens is 2. The molecule has 26 heavy (non-hydrogen) atoms. The second-order valence-corrected chi connectivity index (χ2v) is 7.26. The van der Waals surface area contributed by atoms with Crippen molar-refractivity contribution in [2.45, 2.75) is 25.4 Å². The summed E-state index contributed by atoms with van der Waals surface area (Å²) in [7, 11) is 4.09. The summed E-state index contributed by atoms with van der Waals surface area (Å²) in [6.45, 7) is 1.65. The Morgan fingerprint density at radius 2 is 2.12 bits per heavy atom. The fourth-order valence-electron chi connectivity index (χ4n) is 3.75. The first-order valence-electron chi connectivity index (χ1n) is 9.10. The van der Waals surface area contributed by atoms with Crippen LogP contribution in [0.1, 0.15) is 40.6 Å². The lowest BCUT2D eigenvalue weighted by Crippen LogP contribution is -2.31. The lowest BCUT2D eigenvalue weighted by atomic mass is 10.1. The number of pyridine rings is 1. The van der Waals surface area contributed by atoms with Gasteiger partial charge in [-0.05, 0) is 50.7 Å². The van der Waals surface area contributed by atoms with Gasteiger partial charge in [0.15, 0.2) is 0 Å². The van der Waals surface area contributed by atoms with Gasteiger partial charge in [0.25, 0.3) is 5.91 Å². The molecule has 1 atom stereocenters. The van der Waals surface area contributed by atoms with Crippen molar-refractivity contribution in [3.8, 4) is 0 Å². The first kappa shape index (κ1) is 16.8. The fraction of sp³-hybridized carbons (Fsp3) is 0.333. The van der Waals surface area contributed by atoms with Gasteiger partial charge in [0.2, 0.25) is 0 Å². The predicted molar refractivity (Wildman–Crippen MR) is 103 cm³/mol. The zero-order valence-electron chi connectivity index (χ0n) is 15.3. The monoisotopic (exact) mass is 348 g/mol. The van der Waals surface area contributed by atoms with Crippen LogP contribution in [0.3, 0.4) is 0 Å². The molecule has 2 aromatic heterocycles. The molecule has 0 radical (unpaired) electrons. The second-order valence-electron chi connectivity index (χ2n) is 7.26. The Balaban J connectivity index is 1.56. The van der Waals surface area contributed by atoms with E-state index in [1.165, 1.54) is 5.56 Å². The average molecular weight is 348 g/mol. The van der Waals surface area contributed by atoms with Crippen molar-refractivity contribution < 1.29 is 4.79 Å². The summed E-state index contributed by atoms with van der Waals surface area (Å²) < 4.78 is 0. The molecule has 0 aliphatic carbocycles. The van der Waals surface area contributed by atoms with Crippen molar-refractivity contribution in [1.82, 2.24) is 19.8 Å². The number of benzene rings is 1. The number of para-hydroxylation sites is 1. The number of hydrogen-bond donors (Lipinski definition) is 1. The Morgan fingerprint density at radius 1 is 1.27 bits per heavy atom. The summed E-state index contributed by atoms with van der Waals surface area (Å²) in [6.07, 6.45) is 3.91. The number of carbonyl (C=O) groups is 1. The van der Waals surface area contributed by atoms with E-state index in [1.54, 1.807) is 0 Å². The third-order valence-corrected chi connectivity index (χ3v) is 4.96. The van der Waals surface area contributed by atoms with E-state index in [2.05, 4.69) is 27.0 Å². The maximum absolute atomic E-state index is 13.1. The Kier molecular flexibility index (Phi) is 4.47. The number of likely N-dealkylation sites (tertiary alicyclic amines) is 1. The molecule has 0 unspecified atom stereocenters. The lowest BCUT2D eigenvalue weighted by molar-refractivity contribution is 0.0728. The number of nitrogens with zero attached hydrogens (tertiary/aromatic N) is 3. The summed E-state index contributed by atoms with van der Waals surface area (Å²) in [5.74, 6) is 0.0582. The standard InChI is InChI=1S/C21H24N4O/c1-24(2)14-15-9-10-18(22-13-15)20-8-5-11-25(20)21(26)19-12-16-6-3-4-7-17(16)23-19/h3-4,6-7,9-10,12-13,20,23H,5,8,11,14H2,1-2H3/t20-/m1/s1. The van der Waals surface area contributed by atoms with E-state index in [-0.39, 0.29) is 11.9 Å². The van der Waals surface area contributed by atoms with Crippen LogP contribution in [-0.4, -0.2) is 46.3 Å². The van der Waals surface area contributed by atoms with Crippen LogP contribution in [0.2, 0.25) is 0 Å². The van der Waals surface area contributed by atoms with Gasteiger partial charge in [0.1, 0.15) is 5.69 Å². The fourth-order valence-corrected chi connectivity index (χ4v) is 3.75. The molecule has 3 aromatic rings. The minimum atomic E-state index is 0.0577. The van der Waals surface area contributed by atoms with E-state index in [0.29, 0.717) is 5.69 Å². The summed E-state index contributed by atoms with van der Waals surface area (Å²) in [5, 5.41) is 1.07. The van der Waals surface area contributed by atoms with Crippen LogP contribution < -0.4 is 0 Å². The molecule has 1 aromatic carbocycles. The highest BCUT2D eigenvalue weighted by Crippen LogP contribution is 2.32. The Bertz CT molecular complexity index is 880. The topological polar surface area (TPSA) is 52.2 Å². The SMILES string of the molecule is CN(C)Cc1ccc([C@H]2CCCN2C(=O)c2cc3ccccc3[nH]2)nc1. The van der Waals surface area contributed by atoms with Gasteiger partial charge in [0.05, 0.1) is 11.7 Å². The molecule has 1 N–H and O–H groups in total. The zero-order chi connectivity index (χ0) is 18.1. The number of aromatic amines is 1. The van der Waals surface area contributed by atoms with Crippen molar-refractivity contribution in [2.75, 3.05) is 20.6 Å². The maximum atomic E-state index is 13.1. The molecule has 3 heterocycles. The van der Waals surface area contributed by atoms with Crippen LogP contribution in [0.5, 0.6) is 0 Å². The van der Waals surface area contributed by atoms with Gasteiger partial charge in [-0.1, -0.05) is 24.3 Å². The van der Waals surface area contributed by atoms with Crippen LogP contribution >= 0.6 is 0 Å². The molecule has 1 saturated heterocycles. The van der Waals surface area contributed by atoms with Gasteiger partial charge in [-0.15, -0.1) is 0 Å². The Hall–Kier alpha value is -2.66. The van der Waals surface area contributed by atoms with E-state index in [0.717, 1.165) is 42.5 Å². The molecule has 134 valence electrons. The molecule has 0 saturated carbocycles. The highest BCUT2D eigenvalue weighted by atomic mass is 16.2. The first-order valence-corrected chi connectivity index (χ1v) is 9.10. The van der Waals surface area contributed by atoms with Gasteiger partial charge in [0, 0.05) is 30.2 Å². The lowest BCUT2D eigenvalue weighted by Gasteiger charge is -2.24. The average Bonchev–Trinajstić information content (AvgIpc) is 3.28. The number of amides is 1. The van der Waals surface area contributed by atoms with Gasteiger partial charge in [-0.25, -0.2) is 0 Å². The smallest absolute Gasteiger partial charge is 0.270 e. The van der Waals surface area contributed by atoms with Crippen molar-refractivity contribution in [1.29, 1.82) is 0 Å². The third kappa shape index (κ3) is 3.22. The largest absolute Gasteiger partial charge is 0.351 e. The van der Waals surface area contributed by atoms with Crippen LogP contribution in [0.25, 0.3) is 10.9 Å². The molecule has 5 nitrogen and oxygen atoms in total. The second kappa shape index (κ2) is 6.92. The van der Waals surface area contributed by atoms with Gasteiger partial charge in [-0.3, -0.25) is 9.78 Å². The normalized spacial score (nSPS) is 17.3. The number of fused-ring (bicyclic) bond motifs is 1. The quantitative estimate of drug-likeness (QED) is 0.784. The molecule has 0 spiro atoms. The number of H-pyrrole nitrogens is 1. The molecular weight excluding hydrogens is 324 g/mol. The van der Waals surface area contributed by atoms with Gasteiger partial charge >= 0.3 is 0 Å². The number of hydrogen-bond acceptors (Lipinski definition) is 3. The van der Waals surface area contributed by atoms with Crippen LogP contribution in [0.15, 0.2) is 48.7 Å². The van der Waals surface area contributed by atoms with Gasteiger partial charge < -0.3 is 14.8 Å². The van der Waals surface area contributed by atoms with Crippen LogP contribution in [0, 0.1) is 0 Å². The number of rotatable bonds is 4. The van der Waals surface area contributed by atoms with Crippen LogP contribution in [0.4, 0.5) is 0 Å². The van der Waals surface area contributed by atoms with E-state index < -0.39 is 0 Å². The van der Waals surface area contributed by atoms with E-state index in [1.807, 2.05) is 55.5 Å².